The molecule has 2 rings (SSSR count). The highest BCUT2D eigenvalue weighted by Crippen LogP contribution is 2.13. The normalized spacial score (nSPS) is 37.1. The largest absolute Gasteiger partial charge is 0.315 e. The fourth-order valence-corrected chi connectivity index (χ4v) is 3.94. The van der Waals surface area contributed by atoms with Crippen molar-refractivity contribution in [3.05, 3.63) is 0 Å². The molecule has 0 bridgehead atoms. The summed E-state index contributed by atoms with van der Waals surface area (Å²) < 4.78 is 22.5. The molecule has 0 spiro atoms. The molecular formula is C9H18N2O2S. The summed E-state index contributed by atoms with van der Waals surface area (Å²) in [6.07, 6.45) is 3.15. The first kappa shape index (κ1) is 10.4. The van der Waals surface area contributed by atoms with Gasteiger partial charge in [0.2, 0.25) is 0 Å². The first-order valence-electron chi connectivity index (χ1n) is 5.33. The van der Waals surface area contributed by atoms with Gasteiger partial charge in [-0.15, -0.1) is 0 Å². The van der Waals surface area contributed by atoms with Crippen molar-refractivity contribution in [3.63, 3.8) is 0 Å². The Morgan fingerprint density at radius 2 is 2.07 bits per heavy atom. The quantitative estimate of drug-likeness (QED) is 0.657. The smallest absolute Gasteiger partial charge is 0.151 e. The Morgan fingerprint density at radius 1 is 1.21 bits per heavy atom. The van der Waals surface area contributed by atoms with Crippen molar-refractivity contribution in [1.82, 2.24) is 10.6 Å². The lowest BCUT2D eigenvalue weighted by Gasteiger charge is -2.26. The zero-order chi connectivity index (χ0) is 10.0. The van der Waals surface area contributed by atoms with E-state index in [0.29, 0.717) is 17.5 Å². The van der Waals surface area contributed by atoms with Crippen LogP contribution in [0.25, 0.3) is 0 Å². The molecule has 0 radical (unpaired) electrons. The maximum absolute atomic E-state index is 11.2. The second kappa shape index (κ2) is 4.16. The van der Waals surface area contributed by atoms with Crippen LogP contribution in [0.4, 0.5) is 0 Å². The van der Waals surface area contributed by atoms with Gasteiger partial charge in [-0.1, -0.05) is 0 Å². The highest BCUT2D eigenvalue weighted by Gasteiger charge is 2.29. The maximum atomic E-state index is 11.2. The molecule has 5 heteroatoms. The SMILES string of the molecule is O=S1(=O)CCC(NC2CCCNC2)C1. The van der Waals surface area contributed by atoms with Crippen LogP contribution in [0, 0.1) is 0 Å². The Bertz CT molecular complexity index is 283. The fraction of sp³-hybridized carbons (Fsp3) is 1.00. The van der Waals surface area contributed by atoms with Crippen LogP contribution in [0.5, 0.6) is 0 Å². The first-order valence-corrected chi connectivity index (χ1v) is 7.15. The standard InChI is InChI=1S/C9H18N2O2S/c12-14(13)5-3-9(7-14)11-8-2-1-4-10-6-8/h8-11H,1-7H2. The van der Waals surface area contributed by atoms with Crippen molar-refractivity contribution in [1.29, 1.82) is 0 Å². The van der Waals surface area contributed by atoms with E-state index >= 15 is 0 Å². The zero-order valence-corrected chi connectivity index (χ0v) is 9.15. The number of nitrogens with one attached hydrogen (secondary N) is 2. The molecule has 2 fully saturated rings. The van der Waals surface area contributed by atoms with Gasteiger partial charge in [0.1, 0.15) is 0 Å². The maximum Gasteiger partial charge on any atom is 0.151 e. The lowest BCUT2D eigenvalue weighted by Crippen LogP contribution is -2.47. The summed E-state index contributed by atoms with van der Waals surface area (Å²) in [5.41, 5.74) is 0. The average molecular weight is 218 g/mol. The summed E-state index contributed by atoms with van der Waals surface area (Å²) in [6, 6.07) is 0.673. The number of hydrogen-bond acceptors (Lipinski definition) is 4. The fourth-order valence-electron chi connectivity index (χ4n) is 2.25. The molecule has 0 aliphatic carbocycles. The third kappa shape index (κ3) is 2.68. The van der Waals surface area contributed by atoms with Crippen molar-refractivity contribution in [2.75, 3.05) is 24.6 Å². The van der Waals surface area contributed by atoms with E-state index in [2.05, 4.69) is 10.6 Å². The van der Waals surface area contributed by atoms with Crippen LogP contribution in [-0.4, -0.2) is 45.1 Å². The van der Waals surface area contributed by atoms with Gasteiger partial charge in [0.05, 0.1) is 11.5 Å². The molecule has 2 saturated heterocycles. The van der Waals surface area contributed by atoms with E-state index < -0.39 is 9.84 Å². The highest BCUT2D eigenvalue weighted by atomic mass is 32.2. The second-order valence-corrected chi connectivity index (χ2v) is 6.54. The predicted molar refractivity (Wildman–Crippen MR) is 56.1 cm³/mol. The number of sulfone groups is 1. The molecule has 0 amide bonds. The molecule has 2 unspecified atom stereocenters. The Balaban J connectivity index is 1.80. The Kier molecular flexibility index (Phi) is 3.09. The lowest BCUT2D eigenvalue weighted by molar-refractivity contribution is 0.361. The predicted octanol–water partition coefficient (Wildman–Crippen LogP) is -0.485. The third-order valence-electron chi connectivity index (χ3n) is 3.00. The molecule has 2 heterocycles. The summed E-state index contributed by atoms with van der Waals surface area (Å²) in [7, 11) is -2.73. The molecule has 0 saturated carbocycles. The van der Waals surface area contributed by atoms with E-state index in [-0.39, 0.29) is 6.04 Å². The van der Waals surface area contributed by atoms with Gasteiger partial charge in [0, 0.05) is 18.6 Å². The van der Waals surface area contributed by atoms with Crippen molar-refractivity contribution in [3.8, 4) is 0 Å². The highest BCUT2D eigenvalue weighted by molar-refractivity contribution is 7.91. The molecule has 2 aliphatic heterocycles. The summed E-state index contributed by atoms with van der Waals surface area (Å²) in [5.74, 6) is 0.703. The van der Waals surface area contributed by atoms with Crippen molar-refractivity contribution < 1.29 is 8.42 Å². The first-order chi connectivity index (χ1) is 6.66. The topological polar surface area (TPSA) is 58.2 Å². The van der Waals surface area contributed by atoms with Gasteiger partial charge in [-0.25, -0.2) is 8.42 Å². The number of piperidine rings is 1. The summed E-state index contributed by atoms with van der Waals surface area (Å²) in [5, 5.41) is 6.75. The second-order valence-electron chi connectivity index (χ2n) is 4.31. The van der Waals surface area contributed by atoms with Gasteiger partial charge in [-0.3, -0.25) is 0 Å². The van der Waals surface area contributed by atoms with Crippen molar-refractivity contribution in [2.24, 2.45) is 0 Å². The number of rotatable bonds is 2. The van der Waals surface area contributed by atoms with Gasteiger partial charge < -0.3 is 10.6 Å². The Labute approximate surface area is 85.4 Å². The number of hydrogen-bond donors (Lipinski definition) is 2. The average Bonchev–Trinajstić information content (AvgIpc) is 2.47. The van der Waals surface area contributed by atoms with Gasteiger partial charge in [0.25, 0.3) is 0 Å². The Morgan fingerprint density at radius 3 is 2.64 bits per heavy atom. The van der Waals surface area contributed by atoms with E-state index in [4.69, 9.17) is 0 Å². The molecule has 2 atom stereocenters. The minimum atomic E-state index is -2.73. The minimum Gasteiger partial charge on any atom is -0.315 e. The van der Waals surface area contributed by atoms with Crippen LogP contribution in [0.2, 0.25) is 0 Å². The Hall–Kier alpha value is -0.130. The van der Waals surface area contributed by atoms with Crippen LogP contribution in [-0.2, 0) is 9.84 Å². The van der Waals surface area contributed by atoms with Crippen molar-refractivity contribution in [2.45, 2.75) is 31.3 Å². The monoisotopic (exact) mass is 218 g/mol. The van der Waals surface area contributed by atoms with Gasteiger partial charge >= 0.3 is 0 Å². The van der Waals surface area contributed by atoms with Gasteiger partial charge in [0.15, 0.2) is 9.84 Å². The van der Waals surface area contributed by atoms with Crippen LogP contribution in [0.15, 0.2) is 0 Å². The van der Waals surface area contributed by atoms with E-state index in [1.807, 2.05) is 0 Å². The third-order valence-corrected chi connectivity index (χ3v) is 4.77. The van der Waals surface area contributed by atoms with Gasteiger partial charge in [-0.2, -0.15) is 0 Å². The minimum absolute atomic E-state index is 0.199. The molecule has 0 aromatic rings. The van der Waals surface area contributed by atoms with Crippen molar-refractivity contribution >= 4 is 9.84 Å². The molecule has 2 N–H and O–H groups in total. The van der Waals surface area contributed by atoms with E-state index in [0.717, 1.165) is 19.5 Å². The summed E-state index contributed by atoms with van der Waals surface area (Å²) >= 11 is 0. The van der Waals surface area contributed by atoms with E-state index in [1.165, 1.54) is 12.8 Å². The molecule has 2 aliphatic rings. The summed E-state index contributed by atoms with van der Waals surface area (Å²) in [4.78, 5) is 0. The van der Waals surface area contributed by atoms with E-state index in [9.17, 15) is 8.42 Å². The molecule has 4 nitrogen and oxygen atoms in total. The van der Waals surface area contributed by atoms with E-state index in [1.54, 1.807) is 0 Å². The van der Waals surface area contributed by atoms with Crippen LogP contribution in [0.3, 0.4) is 0 Å². The van der Waals surface area contributed by atoms with Crippen LogP contribution >= 0.6 is 0 Å². The summed E-state index contributed by atoms with van der Waals surface area (Å²) in [6.45, 7) is 2.08. The molecule has 0 aromatic heterocycles. The van der Waals surface area contributed by atoms with Crippen LogP contribution in [0.1, 0.15) is 19.3 Å². The van der Waals surface area contributed by atoms with Gasteiger partial charge in [-0.05, 0) is 25.8 Å². The molecule has 0 aromatic carbocycles. The lowest BCUT2D eigenvalue weighted by atomic mass is 10.1. The molecule has 82 valence electrons. The zero-order valence-electron chi connectivity index (χ0n) is 8.33. The molecule has 14 heavy (non-hydrogen) atoms. The van der Waals surface area contributed by atoms with Crippen LogP contribution < -0.4 is 10.6 Å². The molecular weight excluding hydrogens is 200 g/mol.